The molecule has 1 aliphatic carbocycles. The molecule has 0 radical (unpaired) electrons. The van der Waals surface area contributed by atoms with E-state index < -0.39 is 0 Å². The third-order valence-corrected chi connectivity index (χ3v) is 3.20. The summed E-state index contributed by atoms with van der Waals surface area (Å²) in [4.78, 5) is 0. The Bertz CT molecular complexity index is 387. The van der Waals surface area contributed by atoms with Crippen LogP contribution in [0.5, 0.6) is 0 Å². The van der Waals surface area contributed by atoms with Crippen molar-refractivity contribution in [3.8, 4) is 12.3 Å². The first kappa shape index (κ1) is 10.3. The number of terminal acetylenes is 1. The first-order valence-corrected chi connectivity index (χ1v) is 5.57. The molecule has 1 N–H and O–H groups in total. The minimum absolute atomic E-state index is 0.306. The zero-order valence-electron chi connectivity index (χ0n) is 9.22. The molecule has 1 aromatic carbocycles. The molecule has 0 saturated heterocycles. The van der Waals surface area contributed by atoms with Gasteiger partial charge in [-0.1, -0.05) is 18.2 Å². The maximum Gasteiger partial charge on any atom is 0.0428 e. The number of benzene rings is 1. The summed E-state index contributed by atoms with van der Waals surface area (Å²) in [6, 6.07) is 7.10. The van der Waals surface area contributed by atoms with E-state index >= 15 is 0 Å². The summed E-state index contributed by atoms with van der Waals surface area (Å²) in [5.74, 6) is 2.72. The summed E-state index contributed by atoms with van der Waals surface area (Å²) in [5.41, 5.74) is 4.37. The van der Waals surface area contributed by atoms with Crippen LogP contribution in [0.25, 0.3) is 0 Å². The van der Waals surface area contributed by atoms with Gasteiger partial charge >= 0.3 is 0 Å². The Morgan fingerprint density at radius 3 is 2.93 bits per heavy atom. The van der Waals surface area contributed by atoms with E-state index in [1.807, 2.05) is 7.05 Å². The van der Waals surface area contributed by atoms with Crippen LogP contribution in [-0.4, -0.2) is 7.05 Å². The van der Waals surface area contributed by atoms with Gasteiger partial charge < -0.3 is 5.32 Å². The molecule has 0 aliphatic heterocycles. The first-order valence-electron chi connectivity index (χ1n) is 5.57. The average Bonchev–Trinajstić information content (AvgIpc) is 2.72. The average molecular weight is 199 g/mol. The Labute approximate surface area is 91.9 Å². The van der Waals surface area contributed by atoms with Crippen LogP contribution >= 0.6 is 0 Å². The van der Waals surface area contributed by atoms with Gasteiger partial charge in [-0.15, -0.1) is 12.3 Å². The van der Waals surface area contributed by atoms with Gasteiger partial charge in [-0.25, -0.2) is 0 Å². The molecule has 2 rings (SSSR count). The van der Waals surface area contributed by atoms with Crippen molar-refractivity contribution in [3.05, 3.63) is 34.9 Å². The molecule has 0 spiro atoms. The summed E-state index contributed by atoms with van der Waals surface area (Å²) in [6.07, 6.45) is 9.90. The number of hydrogen-bond donors (Lipinski definition) is 1. The molecule has 1 aromatic rings. The molecule has 0 bridgehead atoms. The quantitative estimate of drug-likeness (QED) is 0.737. The van der Waals surface area contributed by atoms with E-state index in [0.717, 1.165) is 6.42 Å². The molecule has 0 saturated carbocycles. The number of hydrogen-bond acceptors (Lipinski definition) is 1. The van der Waals surface area contributed by atoms with Crippen molar-refractivity contribution in [2.45, 2.75) is 31.7 Å². The van der Waals surface area contributed by atoms with Gasteiger partial charge in [0.15, 0.2) is 0 Å². The fraction of sp³-hybridized carbons (Fsp3) is 0.429. The summed E-state index contributed by atoms with van der Waals surface area (Å²) in [5, 5.41) is 3.27. The third kappa shape index (κ3) is 2.06. The maximum atomic E-state index is 5.37. The van der Waals surface area contributed by atoms with Crippen LogP contribution in [0.1, 0.15) is 35.6 Å². The molecular formula is C14H17N. The Kier molecular flexibility index (Phi) is 3.08. The van der Waals surface area contributed by atoms with Crippen molar-refractivity contribution in [2.75, 3.05) is 7.05 Å². The molecule has 1 nitrogen and oxygen atoms in total. The Morgan fingerprint density at radius 1 is 1.40 bits per heavy atom. The predicted molar refractivity (Wildman–Crippen MR) is 63.7 cm³/mol. The van der Waals surface area contributed by atoms with E-state index in [1.54, 1.807) is 0 Å². The Morgan fingerprint density at radius 2 is 2.20 bits per heavy atom. The molecule has 1 heteroatoms. The minimum atomic E-state index is 0.306. The lowest BCUT2D eigenvalue weighted by atomic mass is 9.99. The first-order chi connectivity index (χ1) is 7.35. The standard InChI is InChI=1S/C14H17N/c1-3-5-14(15-2)13-9-8-11-6-4-7-12(11)10-13/h1,8-10,14-15H,4-7H2,2H3. The zero-order chi connectivity index (χ0) is 10.7. The summed E-state index contributed by atoms with van der Waals surface area (Å²) >= 11 is 0. The van der Waals surface area contributed by atoms with E-state index in [-0.39, 0.29) is 0 Å². The molecule has 0 aromatic heterocycles. The second-order valence-electron chi connectivity index (χ2n) is 4.13. The smallest absolute Gasteiger partial charge is 0.0428 e. The predicted octanol–water partition coefficient (Wildman–Crippen LogP) is 2.46. The van der Waals surface area contributed by atoms with E-state index in [2.05, 4.69) is 29.4 Å². The molecule has 0 amide bonds. The summed E-state index contributed by atoms with van der Waals surface area (Å²) in [7, 11) is 1.97. The van der Waals surface area contributed by atoms with Gasteiger partial charge in [0, 0.05) is 12.5 Å². The SMILES string of the molecule is C#CCC(NC)c1ccc2c(c1)CCC2. The van der Waals surface area contributed by atoms with Crippen LogP contribution in [0.4, 0.5) is 0 Å². The van der Waals surface area contributed by atoms with Crippen LogP contribution < -0.4 is 5.32 Å². The lowest BCUT2D eigenvalue weighted by Gasteiger charge is -2.14. The van der Waals surface area contributed by atoms with Crippen LogP contribution in [0.15, 0.2) is 18.2 Å². The highest BCUT2D eigenvalue weighted by Crippen LogP contribution is 2.26. The van der Waals surface area contributed by atoms with Gasteiger partial charge in [0.1, 0.15) is 0 Å². The highest BCUT2D eigenvalue weighted by Gasteiger charge is 2.14. The van der Waals surface area contributed by atoms with E-state index in [9.17, 15) is 0 Å². The number of nitrogens with one attached hydrogen (secondary N) is 1. The normalized spacial score (nSPS) is 15.7. The molecular weight excluding hydrogens is 182 g/mol. The zero-order valence-corrected chi connectivity index (χ0v) is 9.22. The largest absolute Gasteiger partial charge is 0.312 e. The number of fused-ring (bicyclic) bond motifs is 1. The van der Waals surface area contributed by atoms with Crippen molar-refractivity contribution in [2.24, 2.45) is 0 Å². The Hall–Kier alpha value is -1.26. The van der Waals surface area contributed by atoms with Crippen LogP contribution in [0.2, 0.25) is 0 Å². The number of rotatable bonds is 3. The lowest BCUT2D eigenvalue weighted by Crippen LogP contribution is -2.15. The van der Waals surface area contributed by atoms with Crippen molar-refractivity contribution in [1.29, 1.82) is 0 Å². The minimum Gasteiger partial charge on any atom is -0.312 e. The molecule has 1 aliphatic rings. The van der Waals surface area contributed by atoms with E-state index in [4.69, 9.17) is 6.42 Å². The molecule has 1 unspecified atom stereocenters. The van der Waals surface area contributed by atoms with Crippen LogP contribution in [0.3, 0.4) is 0 Å². The van der Waals surface area contributed by atoms with Crippen molar-refractivity contribution in [1.82, 2.24) is 5.32 Å². The van der Waals surface area contributed by atoms with Crippen molar-refractivity contribution < 1.29 is 0 Å². The van der Waals surface area contributed by atoms with E-state index in [0.29, 0.717) is 6.04 Å². The van der Waals surface area contributed by atoms with Gasteiger partial charge in [0.05, 0.1) is 0 Å². The third-order valence-electron chi connectivity index (χ3n) is 3.20. The fourth-order valence-corrected chi connectivity index (χ4v) is 2.31. The monoisotopic (exact) mass is 199 g/mol. The van der Waals surface area contributed by atoms with Crippen molar-refractivity contribution in [3.63, 3.8) is 0 Å². The van der Waals surface area contributed by atoms with E-state index in [1.165, 1.54) is 36.0 Å². The lowest BCUT2D eigenvalue weighted by molar-refractivity contribution is 0.611. The van der Waals surface area contributed by atoms with Gasteiger partial charge in [-0.05, 0) is 43.0 Å². The molecule has 0 heterocycles. The summed E-state index contributed by atoms with van der Waals surface area (Å²) in [6.45, 7) is 0. The van der Waals surface area contributed by atoms with Gasteiger partial charge in [-0.3, -0.25) is 0 Å². The Balaban J connectivity index is 2.25. The topological polar surface area (TPSA) is 12.0 Å². The fourth-order valence-electron chi connectivity index (χ4n) is 2.31. The van der Waals surface area contributed by atoms with Crippen LogP contribution in [0, 0.1) is 12.3 Å². The highest BCUT2D eigenvalue weighted by molar-refractivity contribution is 5.36. The van der Waals surface area contributed by atoms with Crippen molar-refractivity contribution >= 4 is 0 Å². The van der Waals surface area contributed by atoms with Crippen LogP contribution in [-0.2, 0) is 12.8 Å². The molecule has 0 fully saturated rings. The second-order valence-corrected chi connectivity index (χ2v) is 4.13. The molecule has 78 valence electrons. The van der Waals surface area contributed by atoms with Gasteiger partial charge in [-0.2, -0.15) is 0 Å². The summed E-state index contributed by atoms with van der Waals surface area (Å²) < 4.78 is 0. The maximum absolute atomic E-state index is 5.37. The second kappa shape index (κ2) is 4.51. The van der Waals surface area contributed by atoms with Gasteiger partial charge in [0.25, 0.3) is 0 Å². The molecule has 15 heavy (non-hydrogen) atoms. The molecule has 1 atom stereocenters. The number of aryl methyl sites for hydroxylation is 2. The highest BCUT2D eigenvalue weighted by atomic mass is 14.9. The van der Waals surface area contributed by atoms with Gasteiger partial charge in [0.2, 0.25) is 0 Å².